The number of likely N-dealkylation sites (tertiary alicyclic amines) is 1. The van der Waals surface area contributed by atoms with Crippen molar-refractivity contribution < 1.29 is 27.8 Å². The Kier molecular flexibility index (Phi) is 5.41. The highest BCUT2D eigenvalue weighted by Crippen LogP contribution is 2.27. The smallest absolute Gasteiger partial charge is 0.411 e. The number of ether oxygens (including phenoxy) is 2. The standard InChI is InChI=1S/C17H21F2NO4/c1-17(2,3)24-16(22)20-9-12(18)13(19)14(20)15(21)23-10-11-7-5-4-6-8-11/h4-8,12-14H,9-10H2,1-3H3/t12-,13-,14+/m1/s1. The topological polar surface area (TPSA) is 55.8 Å². The molecule has 1 aromatic rings. The number of benzene rings is 1. The van der Waals surface area contributed by atoms with Crippen molar-refractivity contribution in [1.29, 1.82) is 0 Å². The van der Waals surface area contributed by atoms with Crippen LogP contribution in [-0.4, -0.2) is 47.5 Å². The molecule has 1 heterocycles. The number of carbonyl (C=O) groups excluding carboxylic acids is 2. The second kappa shape index (κ2) is 7.15. The molecule has 1 aliphatic heterocycles. The van der Waals surface area contributed by atoms with Gasteiger partial charge in [-0.15, -0.1) is 0 Å². The second-order valence-corrected chi connectivity index (χ2v) is 6.63. The zero-order valence-corrected chi connectivity index (χ0v) is 13.9. The molecule has 3 atom stereocenters. The molecule has 1 amide bonds. The first-order valence-electron chi connectivity index (χ1n) is 7.67. The minimum Gasteiger partial charge on any atom is -0.459 e. The lowest BCUT2D eigenvalue weighted by molar-refractivity contribution is -0.152. The summed E-state index contributed by atoms with van der Waals surface area (Å²) in [4.78, 5) is 25.0. The van der Waals surface area contributed by atoms with E-state index in [0.717, 1.165) is 4.90 Å². The molecule has 7 heteroatoms. The van der Waals surface area contributed by atoms with Crippen LogP contribution in [0.25, 0.3) is 0 Å². The van der Waals surface area contributed by atoms with E-state index in [2.05, 4.69) is 0 Å². The first-order valence-corrected chi connectivity index (χ1v) is 7.67. The summed E-state index contributed by atoms with van der Waals surface area (Å²) in [5, 5.41) is 0. The molecule has 0 N–H and O–H groups in total. The first-order chi connectivity index (χ1) is 11.2. The number of amides is 1. The molecule has 0 bridgehead atoms. The fourth-order valence-electron chi connectivity index (χ4n) is 2.35. The molecule has 24 heavy (non-hydrogen) atoms. The number of nitrogens with zero attached hydrogens (tertiary/aromatic N) is 1. The number of carbonyl (C=O) groups is 2. The van der Waals surface area contributed by atoms with Gasteiger partial charge < -0.3 is 9.47 Å². The molecular formula is C17H21F2NO4. The Labute approximate surface area is 139 Å². The summed E-state index contributed by atoms with van der Waals surface area (Å²) in [6.45, 7) is 4.26. The minimum absolute atomic E-state index is 0.0813. The Hall–Kier alpha value is -2.18. The lowest BCUT2D eigenvalue weighted by Gasteiger charge is -2.27. The first kappa shape index (κ1) is 18.2. The summed E-state index contributed by atoms with van der Waals surface area (Å²) in [6.07, 6.45) is -5.03. The molecule has 1 saturated heterocycles. The molecule has 0 aliphatic carbocycles. The molecule has 132 valence electrons. The van der Waals surface area contributed by atoms with Gasteiger partial charge in [0.25, 0.3) is 0 Å². The summed E-state index contributed by atoms with van der Waals surface area (Å²) >= 11 is 0. The van der Waals surface area contributed by atoms with E-state index in [1.54, 1.807) is 51.1 Å². The maximum absolute atomic E-state index is 14.1. The molecule has 0 unspecified atom stereocenters. The number of alkyl halides is 2. The van der Waals surface area contributed by atoms with Crippen molar-refractivity contribution >= 4 is 12.1 Å². The van der Waals surface area contributed by atoms with Crippen LogP contribution in [0.5, 0.6) is 0 Å². The molecule has 0 aromatic heterocycles. The minimum atomic E-state index is -2.14. The van der Waals surface area contributed by atoms with Crippen molar-refractivity contribution in [3.63, 3.8) is 0 Å². The Morgan fingerprint density at radius 3 is 2.42 bits per heavy atom. The van der Waals surface area contributed by atoms with E-state index in [1.807, 2.05) is 0 Å². The largest absolute Gasteiger partial charge is 0.459 e. The maximum atomic E-state index is 14.1. The zero-order valence-electron chi connectivity index (χ0n) is 13.9. The van der Waals surface area contributed by atoms with Gasteiger partial charge in [0.1, 0.15) is 12.2 Å². The number of rotatable bonds is 3. The van der Waals surface area contributed by atoms with Gasteiger partial charge in [0.05, 0.1) is 6.54 Å². The highest BCUT2D eigenvalue weighted by atomic mass is 19.2. The average Bonchev–Trinajstić information content (AvgIpc) is 2.80. The molecule has 0 radical (unpaired) electrons. The van der Waals surface area contributed by atoms with E-state index in [-0.39, 0.29) is 6.61 Å². The van der Waals surface area contributed by atoms with Gasteiger partial charge in [0, 0.05) is 0 Å². The van der Waals surface area contributed by atoms with Crippen LogP contribution in [0.2, 0.25) is 0 Å². The van der Waals surface area contributed by atoms with Crippen LogP contribution >= 0.6 is 0 Å². The number of esters is 1. The zero-order chi connectivity index (χ0) is 17.9. The summed E-state index contributed by atoms with van der Waals surface area (Å²) in [7, 11) is 0. The van der Waals surface area contributed by atoms with Crippen LogP contribution in [0.1, 0.15) is 26.3 Å². The molecule has 1 aliphatic rings. The van der Waals surface area contributed by atoms with Crippen molar-refractivity contribution in [2.75, 3.05) is 6.54 Å². The third-order valence-corrected chi connectivity index (χ3v) is 3.45. The molecule has 1 aromatic carbocycles. The predicted octanol–water partition coefficient (Wildman–Crippen LogP) is 3.03. The van der Waals surface area contributed by atoms with Gasteiger partial charge in [0.2, 0.25) is 0 Å². The molecule has 0 spiro atoms. The maximum Gasteiger partial charge on any atom is 0.411 e. The fraction of sp³-hybridized carbons (Fsp3) is 0.529. The third-order valence-electron chi connectivity index (χ3n) is 3.45. The van der Waals surface area contributed by atoms with Crippen LogP contribution < -0.4 is 0 Å². The van der Waals surface area contributed by atoms with Gasteiger partial charge in [-0.25, -0.2) is 18.4 Å². The highest BCUT2D eigenvalue weighted by Gasteiger charge is 2.51. The van der Waals surface area contributed by atoms with Crippen LogP contribution in [0.4, 0.5) is 13.6 Å². The molecule has 0 saturated carbocycles. The summed E-state index contributed by atoms with van der Waals surface area (Å²) in [5.74, 6) is -0.989. The van der Waals surface area contributed by atoms with Gasteiger partial charge in [-0.05, 0) is 26.3 Å². The lowest BCUT2D eigenvalue weighted by atomic mass is 10.2. The Morgan fingerprint density at radius 1 is 1.21 bits per heavy atom. The van der Waals surface area contributed by atoms with Gasteiger partial charge in [-0.3, -0.25) is 4.90 Å². The highest BCUT2D eigenvalue weighted by molar-refractivity contribution is 5.83. The quantitative estimate of drug-likeness (QED) is 0.793. The van der Waals surface area contributed by atoms with Crippen LogP contribution in [0, 0.1) is 0 Å². The Bertz CT molecular complexity index is 588. The van der Waals surface area contributed by atoms with E-state index < -0.39 is 42.6 Å². The summed E-state index contributed by atoms with van der Waals surface area (Å²) in [5.41, 5.74) is -0.129. The number of hydrogen-bond donors (Lipinski definition) is 0. The number of hydrogen-bond acceptors (Lipinski definition) is 4. The predicted molar refractivity (Wildman–Crippen MR) is 82.8 cm³/mol. The van der Waals surface area contributed by atoms with Crippen molar-refractivity contribution in [3.05, 3.63) is 35.9 Å². The molecule has 2 rings (SSSR count). The van der Waals surface area contributed by atoms with Gasteiger partial charge in [-0.1, -0.05) is 30.3 Å². The fourth-order valence-corrected chi connectivity index (χ4v) is 2.35. The lowest BCUT2D eigenvalue weighted by Crippen LogP contribution is -2.46. The van der Waals surface area contributed by atoms with E-state index in [0.29, 0.717) is 5.56 Å². The van der Waals surface area contributed by atoms with E-state index in [9.17, 15) is 18.4 Å². The van der Waals surface area contributed by atoms with Crippen LogP contribution in [0.15, 0.2) is 30.3 Å². The van der Waals surface area contributed by atoms with E-state index in [4.69, 9.17) is 9.47 Å². The van der Waals surface area contributed by atoms with Crippen molar-refractivity contribution in [2.45, 2.75) is 51.4 Å². The Morgan fingerprint density at radius 2 is 1.83 bits per heavy atom. The second-order valence-electron chi connectivity index (χ2n) is 6.63. The van der Waals surface area contributed by atoms with Crippen molar-refractivity contribution in [3.8, 4) is 0 Å². The third kappa shape index (κ3) is 4.43. The summed E-state index contributed by atoms with van der Waals surface area (Å²) in [6, 6.07) is 7.16. The van der Waals surface area contributed by atoms with Crippen molar-refractivity contribution in [2.24, 2.45) is 0 Å². The Balaban J connectivity index is 2.06. The molecule has 1 fully saturated rings. The van der Waals surface area contributed by atoms with E-state index in [1.165, 1.54) is 0 Å². The van der Waals surface area contributed by atoms with E-state index >= 15 is 0 Å². The SMILES string of the molecule is CC(C)(C)OC(=O)N1C[C@@H](F)[C@@H](F)[C@H]1C(=O)OCc1ccccc1. The van der Waals surface area contributed by atoms with Crippen LogP contribution in [-0.2, 0) is 20.9 Å². The monoisotopic (exact) mass is 341 g/mol. The molecule has 5 nitrogen and oxygen atoms in total. The summed E-state index contributed by atoms with van der Waals surface area (Å²) < 4.78 is 37.9. The van der Waals surface area contributed by atoms with Gasteiger partial charge in [0.15, 0.2) is 18.4 Å². The normalized spacial score (nSPS) is 23.9. The van der Waals surface area contributed by atoms with Gasteiger partial charge >= 0.3 is 12.1 Å². The van der Waals surface area contributed by atoms with Crippen LogP contribution in [0.3, 0.4) is 0 Å². The van der Waals surface area contributed by atoms with Crippen molar-refractivity contribution in [1.82, 2.24) is 4.90 Å². The average molecular weight is 341 g/mol. The molecular weight excluding hydrogens is 320 g/mol. The van der Waals surface area contributed by atoms with Gasteiger partial charge in [-0.2, -0.15) is 0 Å². The number of halogens is 2.